The third kappa shape index (κ3) is 8.36. The fraction of sp³-hybridized carbons (Fsp3) is 0.231. The number of hydrogen-bond acceptors (Lipinski definition) is 6. The van der Waals surface area contributed by atoms with Gasteiger partial charge in [-0.05, 0) is 42.3 Å². The molecule has 0 aliphatic heterocycles. The van der Waals surface area contributed by atoms with E-state index in [-0.39, 0.29) is 65.0 Å². The predicted molar refractivity (Wildman–Crippen MR) is 122 cm³/mol. The molecule has 1 N–H and O–H groups in total. The summed E-state index contributed by atoms with van der Waals surface area (Å²) in [4.78, 5) is 27.9. The van der Waals surface area contributed by atoms with Gasteiger partial charge < -0.3 is 24.5 Å². The van der Waals surface area contributed by atoms with Crippen molar-refractivity contribution in [2.75, 3.05) is 6.16 Å². The average Bonchev–Trinajstić information content (AvgIpc) is 3.63. The van der Waals surface area contributed by atoms with Gasteiger partial charge in [0.1, 0.15) is 5.82 Å². The maximum Gasteiger partial charge on any atom is 1.00 e. The van der Waals surface area contributed by atoms with Crippen molar-refractivity contribution in [1.82, 2.24) is 4.98 Å². The molecule has 0 saturated heterocycles. The first-order valence-corrected chi connectivity index (χ1v) is 12.6. The number of nitrogens with zero attached hydrogens (tertiary/aromatic N) is 1. The monoisotopic (exact) mass is 523 g/mol. The van der Waals surface area contributed by atoms with E-state index in [1.807, 2.05) is 30.3 Å². The molecule has 1 aromatic heterocycles. The zero-order valence-corrected chi connectivity index (χ0v) is 25.0. The number of halogens is 1. The van der Waals surface area contributed by atoms with Gasteiger partial charge in [-0.15, -0.1) is 0 Å². The molecule has 0 radical (unpaired) electrons. The number of carboxylic acids is 1. The molecule has 3 aromatic rings. The van der Waals surface area contributed by atoms with Gasteiger partial charge in [0.2, 0.25) is 0 Å². The number of carbonyl (C=O) groups is 1. The molecule has 1 aliphatic rings. The van der Waals surface area contributed by atoms with Gasteiger partial charge in [0, 0.05) is 35.6 Å². The second kappa shape index (κ2) is 13.5. The first-order chi connectivity index (χ1) is 16.2. The van der Waals surface area contributed by atoms with E-state index in [4.69, 9.17) is 4.98 Å². The van der Waals surface area contributed by atoms with E-state index in [1.54, 1.807) is 18.2 Å². The van der Waals surface area contributed by atoms with Gasteiger partial charge in [-0.3, -0.25) is 4.98 Å². The summed E-state index contributed by atoms with van der Waals surface area (Å²) in [7, 11) is -4.43. The van der Waals surface area contributed by atoms with Crippen molar-refractivity contribution in [3.63, 3.8) is 0 Å². The second-order valence-electron chi connectivity index (χ2n) is 8.29. The van der Waals surface area contributed by atoms with Crippen molar-refractivity contribution < 1.29 is 88.0 Å². The summed E-state index contributed by atoms with van der Waals surface area (Å²) in [6.45, 7) is 0. The molecule has 2 atom stereocenters. The van der Waals surface area contributed by atoms with E-state index < -0.39 is 37.8 Å². The van der Waals surface area contributed by atoms with Crippen LogP contribution in [-0.4, -0.2) is 28.3 Å². The molecule has 1 aliphatic carbocycles. The van der Waals surface area contributed by atoms with Gasteiger partial charge in [0.25, 0.3) is 0 Å². The fourth-order valence-electron chi connectivity index (χ4n) is 3.68. The molecule has 1 heterocycles. The molecule has 2 aromatic carbocycles. The van der Waals surface area contributed by atoms with Crippen molar-refractivity contribution in [2.45, 2.75) is 31.3 Å². The van der Waals surface area contributed by atoms with Crippen molar-refractivity contribution in [3.05, 3.63) is 77.7 Å². The summed E-state index contributed by atoms with van der Waals surface area (Å²) >= 11 is 0. The first kappa shape index (κ1) is 30.9. The molecule has 0 amide bonds. The van der Waals surface area contributed by atoms with Gasteiger partial charge in [0.05, 0.1) is 30.4 Å². The zero-order chi connectivity index (χ0) is 24.3. The van der Waals surface area contributed by atoms with Crippen molar-refractivity contribution in [1.29, 1.82) is 0 Å². The Morgan fingerprint density at radius 2 is 1.75 bits per heavy atom. The largest absolute Gasteiger partial charge is 1.00 e. The minimum absolute atomic E-state index is 0. The van der Waals surface area contributed by atoms with Crippen LogP contribution < -0.4 is 69.1 Å². The molecule has 10 heteroatoms. The summed E-state index contributed by atoms with van der Waals surface area (Å²) < 4.78 is 26.1. The molecular weight excluding hydrogens is 502 g/mol. The molecule has 4 rings (SSSR count). The van der Waals surface area contributed by atoms with Gasteiger partial charge in [-0.25, -0.2) is 4.39 Å². The van der Waals surface area contributed by atoms with Crippen LogP contribution in [0, 0.1) is 17.4 Å². The van der Waals surface area contributed by atoms with Crippen molar-refractivity contribution in [3.8, 4) is 34.0 Å². The quantitative estimate of drug-likeness (QED) is 0.199. The van der Waals surface area contributed by atoms with Crippen LogP contribution in [0.3, 0.4) is 0 Å². The standard InChI is InChI=1S/C26H23FNO5P.2Na/c27-20-10-8-17(9-11-20)23-15-24(18-4-2-1-3-5-18)28-26(19-6-7-19)22(23)12-13-34(32,33)16-21(29)14-25(30)31;;/h1-5,8-11,15,19,21,29H,6-7,14,16H2,(H,30,31)(H,32,33);;/q;2*+1/p-2/t21-;;/m1../s1. The molecule has 0 spiro atoms. The smallest absolute Gasteiger partial charge is 0.790 e. The number of aliphatic carboxylic acids is 1. The minimum atomic E-state index is -4.43. The van der Waals surface area contributed by atoms with E-state index in [2.05, 4.69) is 11.6 Å². The Labute approximate surface area is 253 Å². The Morgan fingerprint density at radius 3 is 2.33 bits per heavy atom. The van der Waals surface area contributed by atoms with E-state index in [0.29, 0.717) is 28.1 Å². The van der Waals surface area contributed by atoms with Gasteiger partial charge in [-0.1, -0.05) is 48.4 Å². The van der Waals surface area contributed by atoms with Crippen LogP contribution in [0.4, 0.5) is 4.39 Å². The number of rotatable bonds is 7. The summed E-state index contributed by atoms with van der Waals surface area (Å²) in [6.07, 6.45) is -1.42. The molecular formula is C26H21FNNa2O5P. The normalized spacial score (nSPS) is 14.8. The van der Waals surface area contributed by atoms with Gasteiger partial charge in [-0.2, -0.15) is 0 Å². The van der Waals surface area contributed by atoms with Crippen LogP contribution in [0.1, 0.15) is 36.4 Å². The number of pyridine rings is 1. The number of carboxylic acid groups (broad SMARTS) is 1. The van der Waals surface area contributed by atoms with Crippen LogP contribution in [0.25, 0.3) is 22.4 Å². The number of aromatic nitrogens is 1. The van der Waals surface area contributed by atoms with Crippen LogP contribution in [0.2, 0.25) is 0 Å². The summed E-state index contributed by atoms with van der Waals surface area (Å²) in [5.41, 5.74) is 6.20. The first-order valence-electron chi connectivity index (χ1n) is 10.8. The Bertz CT molecular complexity index is 1320. The Hall–Kier alpha value is -1.30. The van der Waals surface area contributed by atoms with E-state index >= 15 is 0 Å². The Balaban J connectivity index is 0.00000228. The van der Waals surface area contributed by atoms with Crippen LogP contribution in [-0.2, 0) is 9.36 Å². The summed E-state index contributed by atoms with van der Waals surface area (Å²) in [5, 5.41) is 20.4. The molecule has 1 saturated carbocycles. The van der Waals surface area contributed by atoms with Crippen molar-refractivity contribution >= 4 is 13.3 Å². The molecule has 174 valence electrons. The number of aliphatic hydroxyl groups is 1. The topological polar surface area (TPSA) is 113 Å². The average molecular weight is 523 g/mol. The number of carbonyl (C=O) groups excluding carboxylic acids is 1. The Morgan fingerprint density at radius 1 is 1.11 bits per heavy atom. The van der Waals surface area contributed by atoms with E-state index in [9.17, 15) is 28.9 Å². The number of benzene rings is 2. The minimum Gasteiger partial charge on any atom is -0.790 e. The van der Waals surface area contributed by atoms with Crippen LogP contribution in [0.5, 0.6) is 0 Å². The van der Waals surface area contributed by atoms with Gasteiger partial charge in [0.15, 0.2) is 0 Å². The summed E-state index contributed by atoms with van der Waals surface area (Å²) in [6, 6.07) is 17.2. The Kier molecular flexibility index (Phi) is 11.6. The van der Waals surface area contributed by atoms with Crippen LogP contribution in [0.15, 0.2) is 60.7 Å². The number of hydrogen-bond donors (Lipinski definition) is 1. The van der Waals surface area contributed by atoms with E-state index in [1.165, 1.54) is 12.1 Å². The van der Waals surface area contributed by atoms with Crippen LogP contribution >= 0.6 is 7.37 Å². The summed E-state index contributed by atoms with van der Waals surface area (Å²) in [5.74, 6) is 0.918. The molecule has 36 heavy (non-hydrogen) atoms. The second-order valence-corrected chi connectivity index (χ2v) is 10.2. The maximum absolute atomic E-state index is 13.6. The fourth-order valence-corrected chi connectivity index (χ4v) is 4.74. The number of aliphatic hydroxyl groups excluding tert-OH is 1. The van der Waals surface area contributed by atoms with Crippen molar-refractivity contribution in [2.24, 2.45) is 0 Å². The molecule has 0 bridgehead atoms. The maximum atomic E-state index is 13.6. The predicted octanol–water partition coefficient (Wildman–Crippen LogP) is -3.11. The third-order valence-corrected chi connectivity index (χ3v) is 6.80. The van der Waals surface area contributed by atoms with E-state index in [0.717, 1.165) is 18.4 Å². The SMILES string of the molecule is O=C([O-])C[C@@H](O)CP(=O)([O-])C#Cc1c(-c2ccc(F)cc2)cc(-c2ccccc2)nc1C1CC1.[Na+].[Na+]. The van der Waals surface area contributed by atoms with Gasteiger partial charge >= 0.3 is 59.1 Å². The third-order valence-electron chi connectivity index (χ3n) is 5.44. The zero-order valence-electron chi connectivity index (χ0n) is 20.1. The molecule has 1 unspecified atom stereocenters. The molecule has 1 fully saturated rings. The molecule has 6 nitrogen and oxygen atoms in total.